The highest BCUT2D eigenvalue weighted by molar-refractivity contribution is 7.91. The Kier molecular flexibility index (Phi) is 8.66. The highest BCUT2D eigenvalue weighted by Gasteiger charge is 2.37. The van der Waals surface area contributed by atoms with E-state index in [0.717, 1.165) is 0 Å². The molecule has 4 rings (SSSR count). The summed E-state index contributed by atoms with van der Waals surface area (Å²) < 4.78 is 68.6. The maximum Gasteiger partial charge on any atom is 0.416 e. The van der Waals surface area contributed by atoms with Gasteiger partial charge in [0.05, 0.1) is 38.7 Å². The minimum Gasteiger partial charge on any atom is -0.342 e. The number of hydrogen-bond donors (Lipinski definition) is 1. The van der Waals surface area contributed by atoms with Gasteiger partial charge in [-0.1, -0.05) is 30.1 Å². The van der Waals surface area contributed by atoms with E-state index in [1.165, 1.54) is 36.9 Å². The van der Waals surface area contributed by atoms with E-state index in [2.05, 4.69) is 4.98 Å². The fraction of sp³-hybridized carbons (Fsp3) is 0.423. The van der Waals surface area contributed by atoms with Crippen LogP contribution >= 0.6 is 23.2 Å². The van der Waals surface area contributed by atoms with Crippen molar-refractivity contribution in [3.8, 4) is 0 Å². The maximum atomic E-state index is 14.3. The van der Waals surface area contributed by atoms with Crippen molar-refractivity contribution in [2.24, 2.45) is 0 Å². The first-order valence-electron chi connectivity index (χ1n) is 12.6. The molecule has 0 radical (unpaired) electrons. The minimum absolute atomic E-state index is 0.0316. The summed E-state index contributed by atoms with van der Waals surface area (Å²) in [5, 5.41) is -0.759. The zero-order valence-electron chi connectivity index (χ0n) is 22.3. The van der Waals surface area contributed by atoms with Crippen LogP contribution in [0.15, 0.2) is 38.8 Å². The van der Waals surface area contributed by atoms with Crippen molar-refractivity contribution in [1.82, 2.24) is 19.4 Å². The molecule has 1 saturated heterocycles. The topological polar surface area (TPSA) is 113 Å². The zero-order valence-corrected chi connectivity index (χ0v) is 24.6. The summed E-state index contributed by atoms with van der Waals surface area (Å²) in [6.45, 7) is 2.78. The van der Waals surface area contributed by atoms with Crippen LogP contribution in [-0.4, -0.2) is 65.6 Å². The number of benzene rings is 2. The highest BCUT2D eigenvalue weighted by Crippen LogP contribution is 2.39. The Morgan fingerprint density at radius 1 is 1.17 bits per heavy atom. The molecule has 1 N–H and O–H groups in total. The number of alkyl halides is 3. The summed E-state index contributed by atoms with van der Waals surface area (Å²) >= 11 is 12.5. The molecule has 3 aromatic rings. The Morgan fingerprint density at radius 2 is 1.85 bits per heavy atom. The van der Waals surface area contributed by atoms with Crippen molar-refractivity contribution < 1.29 is 26.4 Å². The summed E-state index contributed by atoms with van der Waals surface area (Å²) in [6.07, 6.45) is -4.32. The van der Waals surface area contributed by atoms with Gasteiger partial charge in [-0.25, -0.2) is 13.2 Å². The fourth-order valence-corrected chi connectivity index (χ4v) is 6.61. The lowest BCUT2D eigenvalue weighted by molar-refractivity contribution is -0.138. The lowest BCUT2D eigenvalue weighted by Crippen LogP contribution is -2.37. The van der Waals surface area contributed by atoms with E-state index in [0.29, 0.717) is 30.1 Å². The van der Waals surface area contributed by atoms with Crippen LogP contribution in [-0.2, 0) is 33.9 Å². The number of halogens is 5. The van der Waals surface area contributed by atoms with Crippen molar-refractivity contribution in [2.75, 3.05) is 25.9 Å². The molecule has 0 unspecified atom stereocenters. The van der Waals surface area contributed by atoms with Gasteiger partial charge in [0, 0.05) is 44.7 Å². The quantitative estimate of drug-likeness (QED) is 0.422. The number of rotatable bonds is 7. The number of nitrogens with zero attached hydrogens (tertiary/aromatic N) is 3. The van der Waals surface area contributed by atoms with Crippen LogP contribution in [0.1, 0.15) is 37.0 Å². The SMILES string of the molecule is CCS(=O)(=O)c1ccc(Cl)cc1Cn1c(=O)[nH]c2c(Cl)c(CN3CC[C@@H](N(C)C(C)=O)C3)c(C(F)(F)F)cc2c1=O. The molecule has 1 aliphatic heterocycles. The summed E-state index contributed by atoms with van der Waals surface area (Å²) in [7, 11) is -2.16. The monoisotopic (exact) mass is 634 g/mol. The number of carbonyl (C=O) groups is 1. The standard InChI is InChI=1S/C26H27Cl2F3N4O5S/c1-4-41(39,40)21-6-5-16(27)9-15(21)11-35-24(37)18-10-20(26(29,30)31)19(22(28)23(18)32-25(35)38)13-34-8-7-17(12-34)33(3)14(2)36/h5-6,9-10,17H,4,7-8,11-13H2,1-3H3,(H,32,38)/t17-/m1/s1. The van der Waals surface area contributed by atoms with Crippen molar-refractivity contribution in [3.63, 3.8) is 0 Å². The predicted molar refractivity (Wildman–Crippen MR) is 149 cm³/mol. The van der Waals surface area contributed by atoms with Gasteiger partial charge in [0.15, 0.2) is 9.84 Å². The van der Waals surface area contributed by atoms with E-state index in [-0.39, 0.29) is 50.8 Å². The number of carbonyl (C=O) groups excluding carboxylic acids is 1. The van der Waals surface area contributed by atoms with Crippen molar-refractivity contribution >= 4 is 49.8 Å². The van der Waals surface area contributed by atoms with Crippen LogP contribution < -0.4 is 11.2 Å². The normalized spacial score (nSPS) is 16.4. The third-order valence-electron chi connectivity index (χ3n) is 7.37. The second-order valence-corrected chi connectivity index (χ2v) is 13.0. The van der Waals surface area contributed by atoms with E-state index < -0.39 is 49.8 Å². The van der Waals surface area contributed by atoms with Gasteiger partial charge in [0.25, 0.3) is 5.56 Å². The van der Waals surface area contributed by atoms with E-state index in [4.69, 9.17) is 23.2 Å². The summed E-state index contributed by atoms with van der Waals surface area (Å²) in [6, 6.07) is 4.35. The highest BCUT2D eigenvalue weighted by atomic mass is 35.5. The molecule has 0 saturated carbocycles. The molecule has 15 heteroatoms. The first-order chi connectivity index (χ1) is 19.0. The molecule has 2 heterocycles. The maximum absolute atomic E-state index is 14.3. The van der Waals surface area contributed by atoms with Gasteiger partial charge in [-0.15, -0.1) is 0 Å². The van der Waals surface area contributed by atoms with E-state index in [1.54, 1.807) is 11.9 Å². The largest absolute Gasteiger partial charge is 0.416 e. The Morgan fingerprint density at radius 3 is 2.46 bits per heavy atom. The predicted octanol–water partition coefficient (Wildman–Crippen LogP) is 3.91. The lowest BCUT2D eigenvalue weighted by atomic mass is 10.0. The fourth-order valence-electron chi connectivity index (χ4n) is 5.00. The molecule has 41 heavy (non-hydrogen) atoms. The van der Waals surface area contributed by atoms with Crippen molar-refractivity contribution in [1.29, 1.82) is 0 Å². The molecule has 0 aliphatic carbocycles. The minimum atomic E-state index is -4.88. The van der Waals surface area contributed by atoms with Crippen LogP contribution in [0.2, 0.25) is 10.0 Å². The zero-order chi connectivity index (χ0) is 30.4. The van der Waals surface area contributed by atoms with Gasteiger partial charge < -0.3 is 9.88 Å². The van der Waals surface area contributed by atoms with Gasteiger partial charge in [0.1, 0.15) is 0 Å². The molecule has 2 aromatic carbocycles. The van der Waals surface area contributed by atoms with Gasteiger partial charge >= 0.3 is 11.9 Å². The Balaban J connectivity index is 1.83. The number of likely N-dealkylation sites (tertiary alicyclic amines) is 1. The lowest BCUT2D eigenvalue weighted by Gasteiger charge is -2.25. The molecular weight excluding hydrogens is 608 g/mol. The molecule has 0 bridgehead atoms. The van der Waals surface area contributed by atoms with E-state index >= 15 is 0 Å². The third-order valence-corrected chi connectivity index (χ3v) is 9.85. The number of sulfone groups is 1. The number of likely N-dealkylation sites (N-methyl/N-ethyl adjacent to an activating group) is 1. The molecule has 1 fully saturated rings. The summed E-state index contributed by atoms with van der Waals surface area (Å²) in [5.41, 5.74) is -3.73. The third kappa shape index (κ3) is 6.18. The number of nitrogens with one attached hydrogen (secondary N) is 1. The van der Waals surface area contributed by atoms with E-state index in [9.17, 15) is 36.0 Å². The Hall–Kier alpha value is -2.87. The van der Waals surface area contributed by atoms with Gasteiger partial charge in [-0.2, -0.15) is 13.2 Å². The molecule has 1 aliphatic rings. The number of amides is 1. The first-order valence-corrected chi connectivity index (χ1v) is 15.0. The van der Waals surface area contributed by atoms with Crippen LogP contribution in [0.3, 0.4) is 0 Å². The number of aromatic nitrogens is 2. The van der Waals surface area contributed by atoms with Gasteiger partial charge in [-0.05, 0) is 41.8 Å². The molecule has 222 valence electrons. The van der Waals surface area contributed by atoms with Crippen LogP contribution in [0.5, 0.6) is 0 Å². The van der Waals surface area contributed by atoms with Gasteiger partial charge in [0.2, 0.25) is 5.91 Å². The first kappa shape index (κ1) is 31.1. The second-order valence-electron chi connectivity index (χ2n) is 9.92. The second kappa shape index (κ2) is 11.4. The number of aromatic amines is 1. The average Bonchev–Trinajstić information content (AvgIpc) is 3.35. The molecule has 1 aromatic heterocycles. The summed E-state index contributed by atoms with van der Waals surface area (Å²) in [5.74, 6) is -0.427. The molecule has 0 spiro atoms. The molecule has 9 nitrogen and oxygen atoms in total. The molecular formula is C26H27Cl2F3N4O5S. The number of hydrogen-bond acceptors (Lipinski definition) is 6. The Labute approximate surface area is 243 Å². The van der Waals surface area contributed by atoms with Crippen LogP contribution in [0, 0.1) is 0 Å². The van der Waals surface area contributed by atoms with Gasteiger partial charge in [-0.3, -0.25) is 19.1 Å². The van der Waals surface area contributed by atoms with E-state index in [1.807, 2.05) is 0 Å². The van der Waals surface area contributed by atoms with Crippen LogP contribution in [0.4, 0.5) is 13.2 Å². The smallest absolute Gasteiger partial charge is 0.342 e. The molecule has 1 atom stereocenters. The van der Waals surface area contributed by atoms with Crippen molar-refractivity contribution in [2.45, 2.75) is 50.5 Å². The number of fused-ring (bicyclic) bond motifs is 1. The summed E-state index contributed by atoms with van der Waals surface area (Å²) in [4.78, 5) is 43.7. The number of H-pyrrole nitrogens is 1. The van der Waals surface area contributed by atoms with Crippen LogP contribution in [0.25, 0.3) is 10.9 Å². The molecule has 1 amide bonds. The van der Waals surface area contributed by atoms with Crippen molar-refractivity contribution in [3.05, 3.63) is 71.8 Å². The Bertz CT molecular complexity index is 1750. The average molecular weight is 635 g/mol.